The Morgan fingerprint density at radius 1 is 0.900 bits per heavy atom. The number of rotatable bonds is 6. The second-order valence-corrected chi connectivity index (χ2v) is 7.49. The van der Waals surface area contributed by atoms with Gasteiger partial charge in [0, 0.05) is 22.0 Å². The van der Waals surface area contributed by atoms with Gasteiger partial charge in [-0.1, -0.05) is 35.4 Å². The molecule has 0 bridgehead atoms. The Kier molecular flexibility index (Phi) is 6.75. The third-order valence-corrected chi connectivity index (χ3v) is 4.80. The van der Waals surface area contributed by atoms with Gasteiger partial charge >= 0.3 is 0 Å². The number of halogens is 1. The van der Waals surface area contributed by atoms with Crippen molar-refractivity contribution in [2.75, 3.05) is 10.6 Å². The minimum Gasteiger partial charge on any atom is -0.481 e. The van der Waals surface area contributed by atoms with Gasteiger partial charge in [0.1, 0.15) is 5.75 Å². The fraction of sp³-hybridized carbons (Fsp3) is 0.167. The molecule has 0 radical (unpaired) electrons. The van der Waals surface area contributed by atoms with E-state index in [9.17, 15) is 9.59 Å². The first-order valence-electron chi connectivity index (χ1n) is 9.53. The van der Waals surface area contributed by atoms with Crippen LogP contribution in [0.5, 0.6) is 5.75 Å². The fourth-order valence-corrected chi connectivity index (χ4v) is 2.92. The monoisotopic (exact) mass is 422 g/mol. The maximum atomic E-state index is 12.4. The van der Waals surface area contributed by atoms with E-state index in [4.69, 9.17) is 16.3 Å². The summed E-state index contributed by atoms with van der Waals surface area (Å²) in [6, 6.07) is 19.5. The van der Waals surface area contributed by atoms with E-state index in [1.807, 2.05) is 44.2 Å². The molecule has 0 unspecified atom stereocenters. The molecule has 0 spiro atoms. The summed E-state index contributed by atoms with van der Waals surface area (Å²) in [6.07, 6.45) is -0.726. The molecule has 2 N–H and O–H groups in total. The highest BCUT2D eigenvalue weighted by molar-refractivity contribution is 6.31. The van der Waals surface area contributed by atoms with Gasteiger partial charge in [-0.2, -0.15) is 0 Å². The first-order valence-corrected chi connectivity index (χ1v) is 9.91. The van der Waals surface area contributed by atoms with E-state index in [1.54, 1.807) is 43.3 Å². The Balaban J connectivity index is 1.59. The summed E-state index contributed by atoms with van der Waals surface area (Å²) in [5.74, 6) is -0.0125. The molecule has 3 aromatic carbocycles. The van der Waals surface area contributed by atoms with E-state index >= 15 is 0 Å². The number of carbonyl (C=O) groups excluding carboxylic acids is 2. The molecule has 0 aliphatic carbocycles. The van der Waals surface area contributed by atoms with Crippen molar-refractivity contribution in [2.24, 2.45) is 0 Å². The number of hydrogen-bond donors (Lipinski definition) is 2. The molecule has 5 nitrogen and oxygen atoms in total. The minimum absolute atomic E-state index is 0.215. The number of aryl methyl sites for hydroxylation is 2. The average Bonchev–Trinajstić information content (AvgIpc) is 2.72. The minimum atomic E-state index is -0.726. The highest BCUT2D eigenvalue weighted by atomic mass is 35.5. The van der Waals surface area contributed by atoms with Crippen molar-refractivity contribution >= 4 is 34.8 Å². The zero-order valence-corrected chi connectivity index (χ0v) is 17.8. The summed E-state index contributed by atoms with van der Waals surface area (Å²) < 4.78 is 5.71. The quantitative estimate of drug-likeness (QED) is 0.542. The lowest BCUT2D eigenvalue weighted by atomic mass is 10.2. The first kappa shape index (κ1) is 21.4. The van der Waals surface area contributed by atoms with Crippen LogP contribution in [0.1, 0.15) is 28.4 Å². The third-order valence-electron chi connectivity index (χ3n) is 4.57. The van der Waals surface area contributed by atoms with Gasteiger partial charge in [0.15, 0.2) is 6.10 Å². The zero-order valence-electron chi connectivity index (χ0n) is 17.0. The van der Waals surface area contributed by atoms with E-state index in [0.717, 1.165) is 16.8 Å². The predicted octanol–water partition coefficient (Wildman–Crippen LogP) is 5.62. The van der Waals surface area contributed by atoms with Crippen molar-refractivity contribution in [3.05, 3.63) is 88.4 Å². The van der Waals surface area contributed by atoms with Gasteiger partial charge in [-0.15, -0.1) is 0 Å². The summed E-state index contributed by atoms with van der Waals surface area (Å²) in [4.78, 5) is 24.8. The predicted molar refractivity (Wildman–Crippen MR) is 120 cm³/mol. The second kappa shape index (κ2) is 9.46. The molecule has 30 heavy (non-hydrogen) atoms. The molecule has 0 saturated carbocycles. The Hall–Kier alpha value is -3.31. The lowest BCUT2D eigenvalue weighted by Crippen LogP contribution is -2.30. The summed E-state index contributed by atoms with van der Waals surface area (Å²) >= 11 is 5.99. The Labute approximate surface area is 181 Å². The van der Waals surface area contributed by atoms with Crippen molar-refractivity contribution in [3.63, 3.8) is 0 Å². The number of amides is 2. The van der Waals surface area contributed by atoms with E-state index in [-0.39, 0.29) is 11.8 Å². The molecule has 3 aromatic rings. The molecule has 6 heteroatoms. The number of ether oxygens (including phenoxy) is 1. The van der Waals surface area contributed by atoms with Gasteiger partial charge < -0.3 is 15.4 Å². The van der Waals surface area contributed by atoms with Gasteiger partial charge in [-0.3, -0.25) is 9.59 Å². The van der Waals surface area contributed by atoms with Crippen LogP contribution < -0.4 is 15.4 Å². The molecule has 0 heterocycles. The van der Waals surface area contributed by atoms with Crippen LogP contribution in [0.2, 0.25) is 5.02 Å². The molecule has 0 aliphatic rings. The fourth-order valence-electron chi connectivity index (χ4n) is 2.75. The van der Waals surface area contributed by atoms with Gasteiger partial charge in [-0.25, -0.2) is 0 Å². The normalized spacial score (nSPS) is 11.5. The molecular weight excluding hydrogens is 400 g/mol. The van der Waals surface area contributed by atoms with E-state index in [1.165, 1.54) is 0 Å². The maximum absolute atomic E-state index is 12.4. The van der Waals surface area contributed by atoms with Crippen molar-refractivity contribution < 1.29 is 14.3 Å². The van der Waals surface area contributed by atoms with Crippen molar-refractivity contribution in [1.82, 2.24) is 0 Å². The molecule has 0 aromatic heterocycles. The molecule has 2 amide bonds. The number of hydrogen-bond acceptors (Lipinski definition) is 3. The second-order valence-electron chi connectivity index (χ2n) is 7.05. The maximum Gasteiger partial charge on any atom is 0.265 e. The lowest BCUT2D eigenvalue weighted by Gasteiger charge is -2.16. The van der Waals surface area contributed by atoms with Crippen molar-refractivity contribution in [1.29, 1.82) is 0 Å². The van der Waals surface area contributed by atoms with E-state index in [0.29, 0.717) is 22.0 Å². The van der Waals surface area contributed by atoms with Crippen LogP contribution in [0.15, 0.2) is 66.7 Å². The van der Waals surface area contributed by atoms with Crippen LogP contribution in [0.4, 0.5) is 11.4 Å². The number of anilines is 2. The first-order chi connectivity index (χ1) is 14.3. The molecule has 0 saturated heterocycles. The molecule has 3 rings (SSSR count). The molecule has 0 aliphatic heterocycles. The van der Waals surface area contributed by atoms with Gasteiger partial charge in [0.2, 0.25) is 0 Å². The van der Waals surface area contributed by atoms with Crippen molar-refractivity contribution in [3.8, 4) is 5.75 Å². The highest BCUT2D eigenvalue weighted by Crippen LogP contribution is 2.21. The number of benzene rings is 3. The SMILES string of the molecule is Cc1ccc(NC(=O)c2ccc(O[C@@H](C)C(=O)Nc3cc(Cl)ccc3C)cc2)cc1. The Bertz CT molecular complexity index is 1050. The van der Waals surface area contributed by atoms with Crippen LogP contribution in [-0.2, 0) is 4.79 Å². The molecular formula is C24H23ClN2O3. The van der Waals surface area contributed by atoms with Crippen LogP contribution >= 0.6 is 11.6 Å². The van der Waals surface area contributed by atoms with Crippen LogP contribution in [0.25, 0.3) is 0 Å². The van der Waals surface area contributed by atoms with Crippen LogP contribution in [0.3, 0.4) is 0 Å². The molecule has 154 valence electrons. The van der Waals surface area contributed by atoms with E-state index in [2.05, 4.69) is 10.6 Å². The Morgan fingerprint density at radius 2 is 1.57 bits per heavy atom. The number of carbonyl (C=O) groups is 2. The largest absolute Gasteiger partial charge is 0.481 e. The molecule has 1 atom stereocenters. The van der Waals surface area contributed by atoms with Crippen molar-refractivity contribution in [2.45, 2.75) is 26.9 Å². The molecule has 0 fully saturated rings. The average molecular weight is 423 g/mol. The summed E-state index contributed by atoms with van der Waals surface area (Å²) in [5.41, 5.74) is 3.90. The van der Waals surface area contributed by atoms with Crippen LogP contribution in [-0.4, -0.2) is 17.9 Å². The summed E-state index contributed by atoms with van der Waals surface area (Å²) in [7, 11) is 0. The van der Waals surface area contributed by atoms with Gasteiger partial charge in [0.25, 0.3) is 11.8 Å². The summed E-state index contributed by atoms with van der Waals surface area (Å²) in [5, 5.41) is 6.21. The van der Waals surface area contributed by atoms with E-state index < -0.39 is 6.10 Å². The van der Waals surface area contributed by atoms with Crippen LogP contribution in [0, 0.1) is 13.8 Å². The smallest absolute Gasteiger partial charge is 0.265 e. The Morgan fingerprint density at radius 3 is 2.23 bits per heavy atom. The standard InChI is InChI=1S/C24H23ClN2O3/c1-15-4-10-20(11-5-15)26-24(29)18-7-12-21(13-8-18)30-17(3)23(28)27-22-14-19(25)9-6-16(22)2/h4-14,17H,1-3H3,(H,26,29)(H,27,28)/t17-/m0/s1. The van der Waals surface area contributed by atoms with Gasteiger partial charge in [0.05, 0.1) is 0 Å². The van der Waals surface area contributed by atoms with Gasteiger partial charge in [-0.05, 0) is 74.9 Å². The number of nitrogens with one attached hydrogen (secondary N) is 2. The topological polar surface area (TPSA) is 67.4 Å². The lowest BCUT2D eigenvalue weighted by molar-refractivity contribution is -0.122. The highest BCUT2D eigenvalue weighted by Gasteiger charge is 2.16. The zero-order chi connectivity index (χ0) is 21.7. The summed E-state index contributed by atoms with van der Waals surface area (Å²) in [6.45, 7) is 5.53. The third kappa shape index (κ3) is 5.61.